The van der Waals surface area contributed by atoms with Gasteiger partial charge in [0.25, 0.3) is 0 Å². The van der Waals surface area contributed by atoms with Crippen LogP contribution in [0, 0.1) is 5.92 Å². The zero-order valence-electron chi connectivity index (χ0n) is 13.4. The van der Waals surface area contributed by atoms with E-state index in [0.29, 0.717) is 30.7 Å². The molecule has 1 aliphatic rings. The van der Waals surface area contributed by atoms with E-state index in [1.54, 1.807) is 0 Å². The summed E-state index contributed by atoms with van der Waals surface area (Å²) in [5.41, 5.74) is 0. The number of piperidine rings is 1. The zero-order chi connectivity index (χ0) is 15.1. The maximum Gasteiger partial charge on any atom is 0.226 e. The Morgan fingerprint density at radius 2 is 2.27 bits per heavy atom. The van der Waals surface area contributed by atoms with E-state index in [9.17, 15) is 4.79 Å². The van der Waals surface area contributed by atoms with Gasteiger partial charge in [0.2, 0.25) is 11.8 Å². The minimum absolute atomic E-state index is 0. The topological polar surface area (TPSA) is 80.0 Å². The number of hydrogen-bond donors (Lipinski definition) is 2. The van der Waals surface area contributed by atoms with Crippen molar-refractivity contribution in [3.05, 3.63) is 11.7 Å². The van der Waals surface area contributed by atoms with Crippen LogP contribution in [0.15, 0.2) is 4.52 Å². The van der Waals surface area contributed by atoms with Gasteiger partial charge in [-0.05, 0) is 38.3 Å². The number of aryl methyl sites for hydroxylation is 2. The van der Waals surface area contributed by atoms with Gasteiger partial charge >= 0.3 is 0 Å². The fourth-order valence-corrected chi connectivity index (χ4v) is 2.62. The van der Waals surface area contributed by atoms with Crippen LogP contribution >= 0.6 is 12.4 Å². The Balaban J connectivity index is 0.00000242. The highest BCUT2D eigenvalue weighted by molar-refractivity contribution is 5.85. The molecule has 1 aliphatic heterocycles. The number of carbonyl (C=O) groups excluding carboxylic acids is 1. The molecule has 1 aromatic rings. The van der Waals surface area contributed by atoms with E-state index in [0.717, 1.165) is 44.6 Å². The Kier molecular flexibility index (Phi) is 8.42. The molecule has 0 spiro atoms. The molecule has 2 unspecified atom stereocenters. The lowest BCUT2D eigenvalue weighted by atomic mass is 9.95. The average Bonchev–Trinajstić information content (AvgIpc) is 2.89. The molecule has 22 heavy (non-hydrogen) atoms. The average molecular weight is 331 g/mol. The monoisotopic (exact) mass is 330 g/mol. The van der Waals surface area contributed by atoms with E-state index in [-0.39, 0.29) is 18.3 Å². The van der Waals surface area contributed by atoms with E-state index < -0.39 is 0 Å². The lowest BCUT2D eigenvalue weighted by Gasteiger charge is -2.30. The van der Waals surface area contributed by atoms with E-state index in [4.69, 9.17) is 4.52 Å². The highest BCUT2D eigenvalue weighted by Gasteiger charge is 2.22. The molecule has 1 fully saturated rings. The first-order chi connectivity index (χ1) is 10.2. The molecule has 1 amide bonds. The van der Waals surface area contributed by atoms with Crippen molar-refractivity contribution >= 4 is 18.3 Å². The third-order valence-electron chi connectivity index (χ3n) is 3.91. The van der Waals surface area contributed by atoms with Crippen molar-refractivity contribution in [3.63, 3.8) is 0 Å². The van der Waals surface area contributed by atoms with Gasteiger partial charge in [0.15, 0.2) is 5.82 Å². The van der Waals surface area contributed by atoms with Crippen LogP contribution in [-0.4, -0.2) is 35.2 Å². The van der Waals surface area contributed by atoms with Crippen LogP contribution in [-0.2, 0) is 17.6 Å². The molecule has 0 saturated carbocycles. The third-order valence-corrected chi connectivity index (χ3v) is 3.91. The molecular formula is C15H27ClN4O2. The first-order valence-electron chi connectivity index (χ1n) is 8.00. The molecular weight excluding hydrogens is 304 g/mol. The summed E-state index contributed by atoms with van der Waals surface area (Å²) in [7, 11) is 0. The normalized spacial score (nSPS) is 21.2. The van der Waals surface area contributed by atoms with E-state index in [1.165, 1.54) is 0 Å². The number of nitrogens with zero attached hydrogens (tertiary/aromatic N) is 2. The second-order valence-electron chi connectivity index (χ2n) is 5.85. The zero-order valence-corrected chi connectivity index (χ0v) is 14.2. The molecule has 6 nitrogen and oxygen atoms in total. The van der Waals surface area contributed by atoms with Crippen molar-refractivity contribution in [3.8, 4) is 0 Å². The van der Waals surface area contributed by atoms with Gasteiger partial charge < -0.3 is 15.2 Å². The van der Waals surface area contributed by atoms with E-state index >= 15 is 0 Å². The van der Waals surface area contributed by atoms with Gasteiger partial charge in [-0.3, -0.25) is 4.79 Å². The standard InChI is InChI=1S/C15H26N4O2.ClH/c1-3-5-13-18-15(21-19-13)7-4-6-14(20)17-12-8-9-16-10-11(12)2;/h11-12,16H,3-10H2,1-2H3,(H,17,20);1H. The number of hydrogen-bond acceptors (Lipinski definition) is 5. The highest BCUT2D eigenvalue weighted by atomic mass is 35.5. The minimum atomic E-state index is 0. The van der Waals surface area contributed by atoms with Crippen molar-refractivity contribution in [1.82, 2.24) is 20.8 Å². The SMILES string of the molecule is CCCc1noc(CCCC(=O)NC2CCNCC2C)n1.Cl. The Bertz CT molecular complexity index is 453. The van der Waals surface area contributed by atoms with E-state index in [1.807, 2.05) is 0 Å². The maximum atomic E-state index is 12.0. The second-order valence-corrected chi connectivity index (χ2v) is 5.85. The van der Waals surface area contributed by atoms with Crippen LogP contribution in [0.1, 0.15) is 51.2 Å². The van der Waals surface area contributed by atoms with Gasteiger partial charge in [0.05, 0.1) is 0 Å². The van der Waals surface area contributed by atoms with Crippen molar-refractivity contribution in [2.24, 2.45) is 5.92 Å². The molecule has 126 valence electrons. The minimum Gasteiger partial charge on any atom is -0.353 e. The van der Waals surface area contributed by atoms with Crippen LogP contribution < -0.4 is 10.6 Å². The molecule has 2 rings (SSSR count). The first-order valence-corrected chi connectivity index (χ1v) is 8.00. The largest absolute Gasteiger partial charge is 0.353 e. The van der Waals surface area contributed by atoms with Crippen LogP contribution in [0.5, 0.6) is 0 Å². The smallest absolute Gasteiger partial charge is 0.226 e. The lowest BCUT2D eigenvalue weighted by Crippen LogP contribution is -2.48. The second kappa shape index (κ2) is 9.79. The molecule has 1 aromatic heterocycles. The molecule has 0 bridgehead atoms. The Labute approximate surface area is 138 Å². The number of amides is 1. The summed E-state index contributed by atoms with van der Waals surface area (Å²) in [6, 6.07) is 0.304. The number of aromatic nitrogens is 2. The number of carbonyl (C=O) groups is 1. The van der Waals surface area contributed by atoms with Crippen LogP contribution in [0.4, 0.5) is 0 Å². The lowest BCUT2D eigenvalue weighted by molar-refractivity contribution is -0.122. The third kappa shape index (κ3) is 5.93. The predicted octanol–water partition coefficient (Wildman–Crippen LogP) is 1.88. The number of rotatable bonds is 7. The van der Waals surface area contributed by atoms with Crippen molar-refractivity contribution in [2.45, 2.75) is 58.4 Å². The van der Waals surface area contributed by atoms with Gasteiger partial charge in [-0.2, -0.15) is 4.98 Å². The van der Waals surface area contributed by atoms with E-state index in [2.05, 4.69) is 34.6 Å². The molecule has 0 aliphatic carbocycles. The van der Waals surface area contributed by atoms with Crippen LogP contribution in [0.2, 0.25) is 0 Å². The van der Waals surface area contributed by atoms with Crippen molar-refractivity contribution in [1.29, 1.82) is 0 Å². The summed E-state index contributed by atoms with van der Waals surface area (Å²) in [5, 5.41) is 10.4. The molecule has 2 N–H and O–H groups in total. The highest BCUT2D eigenvalue weighted by Crippen LogP contribution is 2.11. The molecule has 2 atom stereocenters. The maximum absolute atomic E-state index is 12.0. The van der Waals surface area contributed by atoms with Gasteiger partial charge in [0.1, 0.15) is 0 Å². The van der Waals surface area contributed by atoms with Gasteiger partial charge in [-0.1, -0.05) is 19.0 Å². The van der Waals surface area contributed by atoms with Gasteiger partial charge in [-0.15, -0.1) is 12.4 Å². The summed E-state index contributed by atoms with van der Waals surface area (Å²) < 4.78 is 5.16. The molecule has 0 aromatic carbocycles. The summed E-state index contributed by atoms with van der Waals surface area (Å²) in [6.07, 6.45) is 4.80. The Hall–Kier alpha value is -1.14. The predicted molar refractivity (Wildman–Crippen MR) is 87.1 cm³/mol. The fourth-order valence-electron chi connectivity index (χ4n) is 2.62. The molecule has 7 heteroatoms. The summed E-state index contributed by atoms with van der Waals surface area (Å²) in [6.45, 7) is 6.22. The number of nitrogens with one attached hydrogen (secondary N) is 2. The van der Waals surface area contributed by atoms with Crippen LogP contribution in [0.25, 0.3) is 0 Å². The molecule has 1 saturated heterocycles. The van der Waals surface area contributed by atoms with Gasteiger partial charge in [0, 0.05) is 25.3 Å². The fraction of sp³-hybridized carbons (Fsp3) is 0.800. The number of halogens is 1. The van der Waals surface area contributed by atoms with Crippen molar-refractivity contribution < 1.29 is 9.32 Å². The first kappa shape index (κ1) is 18.9. The Morgan fingerprint density at radius 3 is 3.00 bits per heavy atom. The molecule has 0 radical (unpaired) electrons. The Morgan fingerprint density at radius 1 is 1.45 bits per heavy atom. The summed E-state index contributed by atoms with van der Waals surface area (Å²) in [4.78, 5) is 16.3. The van der Waals surface area contributed by atoms with Gasteiger partial charge in [-0.25, -0.2) is 0 Å². The summed E-state index contributed by atoms with van der Waals surface area (Å²) in [5.74, 6) is 2.03. The van der Waals surface area contributed by atoms with Crippen LogP contribution in [0.3, 0.4) is 0 Å². The quantitative estimate of drug-likeness (QED) is 0.798. The van der Waals surface area contributed by atoms with Crippen molar-refractivity contribution in [2.75, 3.05) is 13.1 Å². The summed E-state index contributed by atoms with van der Waals surface area (Å²) >= 11 is 0. The molecule has 2 heterocycles.